The van der Waals surface area contributed by atoms with E-state index < -0.39 is 15.6 Å². The Morgan fingerprint density at radius 2 is 1.68 bits per heavy atom. The molecule has 1 heterocycles. The standard InChI is InChI=1S/C20H23NO3S/c1-16-9-11-18(12-10-16)25(22,23)21-14-13-20(2,3)24-19(15-21)17-7-5-4-6-8-17/h4-14,19H,15H2,1-3H3. The molecule has 1 atom stereocenters. The lowest BCUT2D eigenvalue weighted by Crippen LogP contribution is -2.31. The second-order valence-electron chi connectivity index (χ2n) is 6.82. The van der Waals surface area contributed by atoms with E-state index in [0.29, 0.717) is 0 Å². The fourth-order valence-electron chi connectivity index (χ4n) is 2.80. The van der Waals surface area contributed by atoms with Crippen molar-refractivity contribution >= 4 is 10.0 Å². The molecule has 0 aromatic heterocycles. The van der Waals surface area contributed by atoms with E-state index in [-0.39, 0.29) is 17.5 Å². The van der Waals surface area contributed by atoms with Gasteiger partial charge in [0.2, 0.25) is 0 Å². The molecule has 4 nitrogen and oxygen atoms in total. The first kappa shape index (κ1) is 17.7. The Morgan fingerprint density at radius 3 is 2.32 bits per heavy atom. The maximum Gasteiger partial charge on any atom is 0.263 e. The smallest absolute Gasteiger partial charge is 0.263 e. The number of aryl methyl sites for hydroxylation is 1. The Bertz CT molecular complexity index is 856. The van der Waals surface area contributed by atoms with Gasteiger partial charge in [-0.05, 0) is 44.5 Å². The van der Waals surface area contributed by atoms with E-state index in [1.807, 2.05) is 63.2 Å². The van der Waals surface area contributed by atoms with Gasteiger partial charge in [0.25, 0.3) is 10.0 Å². The zero-order chi connectivity index (χ0) is 18.1. The molecular weight excluding hydrogens is 334 g/mol. The van der Waals surface area contributed by atoms with Gasteiger partial charge < -0.3 is 4.74 Å². The van der Waals surface area contributed by atoms with Crippen molar-refractivity contribution in [2.75, 3.05) is 6.54 Å². The van der Waals surface area contributed by atoms with Crippen LogP contribution in [-0.2, 0) is 14.8 Å². The van der Waals surface area contributed by atoms with Gasteiger partial charge in [0, 0.05) is 6.20 Å². The van der Waals surface area contributed by atoms with Crippen molar-refractivity contribution in [3.8, 4) is 0 Å². The molecule has 5 heteroatoms. The van der Waals surface area contributed by atoms with Gasteiger partial charge in [-0.2, -0.15) is 0 Å². The Hall–Kier alpha value is -2.11. The summed E-state index contributed by atoms with van der Waals surface area (Å²) < 4.78 is 33.7. The van der Waals surface area contributed by atoms with Gasteiger partial charge in [0.15, 0.2) is 0 Å². The van der Waals surface area contributed by atoms with Crippen LogP contribution in [0.2, 0.25) is 0 Å². The number of benzene rings is 2. The average Bonchev–Trinajstić information content (AvgIpc) is 2.75. The van der Waals surface area contributed by atoms with Crippen LogP contribution in [0.5, 0.6) is 0 Å². The van der Waals surface area contributed by atoms with Crippen molar-refractivity contribution in [2.45, 2.75) is 37.4 Å². The zero-order valence-electron chi connectivity index (χ0n) is 14.7. The minimum atomic E-state index is -3.63. The van der Waals surface area contributed by atoms with E-state index in [1.54, 1.807) is 24.4 Å². The number of sulfonamides is 1. The number of ether oxygens (including phenoxy) is 1. The highest BCUT2D eigenvalue weighted by Gasteiger charge is 2.32. The van der Waals surface area contributed by atoms with Gasteiger partial charge in [-0.15, -0.1) is 0 Å². The van der Waals surface area contributed by atoms with Crippen LogP contribution < -0.4 is 0 Å². The molecule has 0 saturated carbocycles. The summed E-state index contributed by atoms with van der Waals surface area (Å²) in [6.07, 6.45) is 3.08. The molecule has 0 aliphatic carbocycles. The van der Waals surface area contributed by atoms with Crippen molar-refractivity contribution in [3.05, 3.63) is 78.0 Å². The Labute approximate surface area is 149 Å². The van der Waals surface area contributed by atoms with Gasteiger partial charge in [-0.3, -0.25) is 4.31 Å². The van der Waals surface area contributed by atoms with Crippen molar-refractivity contribution in [2.24, 2.45) is 0 Å². The second kappa shape index (κ2) is 6.65. The molecule has 2 aromatic carbocycles. The van der Waals surface area contributed by atoms with Crippen LogP contribution in [0, 0.1) is 6.92 Å². The summed E-state index contributed by atoms with van der Waals surface area (Å²) in [7, 11) is -3.63. The topological polar surface area (TPSA) is 46.6 Å². The van der Waals surface area contributed by atoms with Gasteiger partial charge >= 0.3 is 0 Å². The third-order valence-corrected chi connectivity index (χ3v) is 5.99. The molecule has 0 spiro atoms. The van der Waals surface area contributed by atoms with Gasteiger partial charge in [0.1, 0.15) is 6.10 Å². The van der Waals surface area contributed by atoms with Gasteiger partial charge in [0.05, 0.1) is 17.0 Å². The fourth-order valence-corrected chi connectivity index (χ4v) is 4.10. The maximum atomic E-state index is 13.1. The average molecular weight is 357 g/mol. The molecule has 1 unspecified atom stereocenters. The Morgan fingerprint density at radius 1 is 1.04 bits per heavy atom. The fraction of sp³-hybridized carbons (Fsp3) is 0.300. The first-order valence-corrected chi connectivity index (χ1v) is 9.73. The second-order valence-corrected chi connectivity index (χ2v) is 8.71. The highest BCUT2D eigenvalue weighted by molar-refractivity contribution is 7.89. The highest BCUT2D eigenvalue weighted by Crippen LogP contribution is 2.31. The quantitative estimate of drug-likeness (QED) is 0.832. The SMILES string of the molecule is Cc1ccc(S(=O)(=O)N2C=CC(C)(C)OC(c3ccccc3)C2)cc1. The lowest BCUT2D eigenvalue weighted by atomic mass is 10.1. The highest BCUT2D eigenvalue weighted by atomic mass is 32.2. The third-order valence-electron chi connectivity index (χ3n) is 4.23. The molecule has 25 heavy (non-hydrogen) atoms. The Kier molecular flexibility index (Phi) is 4.71. The molecule has 0 radical (unpaired) electrons. The summed E-state index contributed by atoms with van der Waals surface area (Å²) >= 11 is 0. The lowest BCUT2D eigenvalue weighted by molar-refractivity contribution is -0.0406. The van der Waals surface area contributed by atoms with E-state index in [0.717, 1.165) is 11.1 Å². The molecule has 132 valence electrons. The number of hydrogen-bond donors (Lipinski definition) is 0. The first-order chi connectivity index (χ1) is 11.8. The van der Waals surface area contributed by atoms with Crippen LogP contribution >= 0.6 is 0 Å². The maximum absolute atomic E-state index is 13.1. The van der Waals surface area contributed by atoms with Crippen LogP contribution in [0.1, 0.15) is 31.1 Å². The number of nitrogens with zero attached hydrogens (tertiary/aromatic N) is 1. The third kappa shape index (κ3) is 3.94. The lowest BCUT2D eigenvalue weighted by Gasteiger charge is -2.28. The normalized spacial score (nSPS) is 20.3. The molecule has 2 aromatic rings. The minimum absolute atomic E-state index is 0.236. The van der Waals surface area contributed by atoms with Crippen LogP contribution in [0.4, 0.5) is 0 Å². The van der Waals surface area contributed by atoms with Crippen LogP contribution in [0.15, 0.2) is 71.8 Å². The summed E-state index contributed by atoms with van der Waals surface area (Å²) in [6.45, 7) is 6.03. The zero-order valence-corrected chi connectivity index (χ0v) is 15.5. The summed E-state index contributed by atoms with van der Waals surface area (Å²) in [5, 5.41) is 0. The van der Waals surface area contributed by atoms with Gasteiger partial charge in [-0.1, -0.05) is 48.0 Å². The molecule has 0 amide bonds. The van der Waals surface area contributed by atoms with E-state index >= 15 is 0 Å². The van der Waals surface area contributed by atoms with Crippen molar-refractivity contribution in [1.29, 1.82) is 0 Å². The number of hydrogen-bond acceptors (Lipinski definition) is 3. The molecule has 0 N–H and O–H groups in total. The largest absolute Gasteiger partial charge is 0.362 e. The predicted octanol–water partition coefficient (Wildman–Crippen LogP) is 4.05. The summed E-state index contributed by atoms with van der Waals surface area (Å²) in [4.78, 5) is 0.286. The number of rotatable bonds is 3. The van der Waals surface area contributed by atoms with Crippen LogP contribution in [0.3, 0.4) is 0 Å². The van der Waals surface area contributed by atoms with E-state index in [2.05, 4.69) is 0 Å². The molecular formula is C20H23NO3S. The van der Waals surface area contributed by atoms with Crippen molar-refractivity contribution in [3.63, 3.8) is 0 Å². The molecule has 0 fully saturated rings. The summed E-state index contributed by atoms with van der Waals surface area (Å²) in [5.74, 6) is 0. The monoisotopic (exact) mass is 357 g/mol. The van der Waals surface area contributed by atoms with Crippen LogP contribution in [-0.4, -0.2) is 24.9 Å². The van der Waals surface area contributed by atoms with Crippen molar-refractivity contribution in [1.82, 2.24) is 4.31 Å². The molecule has 0 bridgehead atoms. The minimum Gasteiger partial charge on any atom is -0.362 e. The molecule has 0 saturated heterocycles. The van der Waals surface area contributed by atoms with Gasteiger partial charge in [-0.25, -0.2) is 8.42 Å². The summed E-state index contributed by atoms with van der Waals surface area (Å²) in [6, 6.07) is 16.6. The first-order valence-electron chi connectivity index (χ1n) is 8.29. The Balaban J connectivity index is 1.98. The predicted molar refractivity (Wildman–Crippen MR) is 98.6 cm³/mol. The van der Waals surface area contributed by atoms with Crippen LogP contribution in [0.25, 0.3) is 0 Å². The molecule has 1 aliphatic heterocycles. The summed E-state index contributed by atoms with van der Waals surface area (Å²) in [5.41, 5.74) is 1.43. The molecule has 3 rings (SSSR count). The van der Waals surface area contributed by atoms with E-state index in [9.17, 15) is 8.42 Å². The van der Waals surface area contributed by atoms with Crippen molar-refractivity contribution < 1.29 is 13.2 Å². The van der Waals surface area contributed by atoms with E-state index in [1.165, 1.54) is 4.31 Å². The molecule has 1 aliphatic rings. The van der Waals surface area contributed by atoms with E-state index in [4.69, 9.17) is 4.74 Å².